The van der Waals surface area contributed by atoms with E-state index in [4.69, 9.17) is 5.11 Å². The van der Waals surface area contributed by atoms with Crippen molar-refractivity contribution in [3.63, 3.8) is 0 Å². The molecule has 1 saturated heterocycles. The molecule has 2 N–H and O–H groups in total. The fourth-order valence-corrected chi connectivity index (χ4v) is 2.14. The molecule has 1 amide bonds. The second-order valence-electron chi connectivity index (χ2n) is 3.97. The minimum atomic E-state index is -1.12. The molecule has 2 rings (SSSR count). The normalized spacial score (nSPS) is 23.4. The number of carboxylic acid groups (broad SMARTS) is 1. The van der Waals surface area contributed by atoms with Crippen LogP contribution in [0.1, 0.15) is 12.8 Å². The molecule has 0 saturated carbocycles. The molecule has 0 aromatic rings. The van der Waals surface area contributed by atoms with Gasteiger partial charge in [-0.3, -0.25) is 24.6 Å². The summed E-state index contributed by atoms with van der Waals surface area (Å²) in [5.74, 6) is -2.09. The number of aliphatic carboxylic acids is 1. The fourth-order valence-electron chi connectivity index (χ4n) is 2.14. The van der Waals surface area contributed by atoms with Gasteiger partial charge in [0.05, 0.1) is 23.7 Å². The summed E-state index contributed by atoms with van der Waals surface area (Å²) in [5, 5.41) is 22.3. The number of nitrogens with one attached hydrogen (secondary N) is 1. The maximum absolute atomic E-state index is 11.9. The Labute approximate surface area is 96.0 Å². The molecule has 2 aliphatic heterocycles. The fraction of sp³-hybridized carbons (Fsp3) is 0.556. The maximum Gasteiger partial charge on any atom is 0.304 e. The highest BCUT2D eigenvalue weighted by Crippen LogP contribution is 2.30. The molecule has 0 radical (unpaired) electrons. The number of amides is 1. The van der Waals surface area contributed by atoms with Crippen LogP contribution in [0.4, 0.5) is 0 Å². The van der Waals surface area contributed by atoms with E-state index < -0.39 is 16.8 Å². The lowest BCUT2D eigenvalue weighted by Gasteiger charge is -2.26. The maximum atomic E-state index is 11.9. The first-order valence-corrected chi connectivity index (χ1v) is 5.15. The third-order valence-corrected chi connectivity index (χ3v) is 2.87. The minimum Gasteiger partial charge on any atom is -0.481 e. The summed E-state index contributed by atoms with van der Waals surface area (Å²) in [6.45, 7) is 0.805. The van der Waals surface area contributed by atoms with Crippen LogP contribution in [0.3, 0.4) is 0 Å². The van der Waals surface area contributed by atoms with Crippen LogP contribution in [0.25, 0.3) is 0 Å². The first-order chi connectivity index (χ1) is 8.00. The van der Waals surface area contributed by atoms with Crippen LogP contribution in [-0.4, -0.2) is 39.9 Å². The molecule has 8 nitrogen and oxygen atoms in total. The van der Waals surface area contributed by atoms with E-state index in [2.05, 4.69) is 5.32 Å². The SMILES string of the molecule is O=C(O)CC1CC([N+](=O)[O-])=C2NCCN2C1=O. The van der Waals surface area contributed by atoms with Gasteiger partial charge in [-0.25, -0.2) is 0 Å². The molecule has 0 bridgehead atoms. The molecule has 0 aromatic heterocycles. The predicted octanol–water partition coefficient (Wildman–Crippen LogP) is -0.641. The van der Waals surface area contributed by atoms with Gasteiger partial charge in [-0.05, 0) is 0 Å². The third kappa shape index (κ3) is 1.93. The number of nitro groups is 1. The number of hydrogen-bond acceptors (Lipinski definition) is 5. The van der Waals surface area contributed by atoms with Gasteiger partial charge in [-0.1, -0.05) is 0 Å². The molecule has 2 heterocycles. The Kier molecular flexibility index (Phi) is 2.70. The quantitative estimate of drug-likeness (QED) is 0.502. The minimum absolute atomic E-state index is 0.103. The average Bonchev–Trinajstić information content (AvgIpc) is 2.70. The van der Waals surface area contributed by atoms with E-state index in [0.29, 0.717) is 13.1 Å². The second-order valence-corrected chi connectivity index (χ2v) is 3.97. The summed E-state index contributed by atoms with van der Waals surface area (Å²) < 4.78 is 0. The molecule has 0 spiro atoms. The molecule has 17 heavy (non-hydrogen) atoms. The van der Waals surface area contributed by atoms with Crippen molar-refractivity contribution in [1.82, 2.24) is 10.2 Å². The predicted molar refractivity (Wildman–Crippen MR) is 54.1 cm³/mol. The van der Waals surface area contributed by atoms with Crippen molar-refractivity contribution in [2.75, 3.05) is 13.1 Å². The molecule has 2 aliphatic rings. The molecule has 92 valence electrons. The molecular formula is C9H11N3O5. The number of carboxylic acids is 1. The summed E-state index contributed by atoms with van der Waals surface area (Å²) in [7, 11) is 0. The molecule has 0 aromatic carbocycles. The topological polar surface area (TPSA) is 113 Å². The zero-order valence-electron chi connectivity index (χ0n) is 8.88. The molecule has 8 heteroatoms. The van der Waals surface area contributed by atoms with Gasteiger partial charge in [0.1, 0.15) is 0 Å². The first-order valence-electron chi connectivity index (χ1n) is 5.15. The van der Waals surface area contributed by atoms with Gasteiger partial charge in [0, 0.05) is 13.1 Å². The number of carbonyl (C=O) groups excluding carboxylic acids is 1. The van der Waals surface area contributed by atoms with Gasteiger partial charge < -0.3 is 10.4 Å². The summed E-state index contributed by atoms with van der Waals surface area (Å²) in [5.41, 5.74) is -0.103. The number of hydrogen-bond donors (Lipinski definition) is 2. The lowest BCUT2D eigenvalue weighted by molar-refractivity contribution is -0.431. The number of fused-ring (bicyclic) bond motifs is 1. The van der Waals surface area contributed by atoms with E-state index in [9.17, 15) is 19.7 Å². The summed E-state index contributed by atoms with van der Waals surface area (Å²) in [6, 6.07) is 0. The van der Waals surface area contributed by atoms with E-state index in [1.54, 1.807) is 0 Å². The van der Waals surface area contributed by atoms with Crippen molar-refractivity contribution in [2.45, 2.75) is 12.8 Å². The first kappa shape index (κ1) is 11.4. The highest BCUT2D eigenvalue weighted by molar-refractivity contribution is 5.86. The largest absolute Gasteiger partial charge is 0.481 e. The number of rotatable bonds is 3. The molecule has 1 unspecified atom stereocenters. The standard InChI is InChI=1S/C9H11N3O5/c13-7(14)4-5-3-6(12(16)17)8-10-1-2-11(8)9(5)15/h5,10H,1-4H2,(H,13,14). The summed E-state index contributed by atoms with van der Waals surface area (Å²) >= 11 is 0. The number of carbonyl (C=O) groups is 2. The van der Waals surface area contributed by atoms with E-state index in [1.807, 2.05) is 0 Å². The molecular weight excluding hydrogens is 230 g/mol. The van der Waals surface area contributed by atoms with E-state index in [1.165, 1.54) is 4.90 Å². The number of nitrogens with zero attached hydrogens (tertiary/aromatic N) is 2. The van der Waals surface area contributed by atoms with E-state index in [-0.39, 0.29) is 30.3 Å². The monoisotopic (exact) mass is 241 g/mol. The van der Waals surface area contributed by atoms with Crippen molar-refractivity contribution < 1.29 is 19.6 Å². The average molecular weight is 241 g/mol. The number of allylic oxidation sites excluding steroid dienone is 1. The van der Waals surface area contributed by atoms with Crippen LogP contribution in [0.5, 0.6) is 0 Å². The zero-order chi connectivity index (χ0) is 12.6. The smallest absolute Gasteiger partial charge is 0.304 e. The molecule has 1 atom stereocenters. The molecule has 1 fully saturated rings. The van der Waals surface area contributed by atoms with Crippen molar-refractivity contribution in [3.8, 4) is 0 Å². The van der Waals surface area contributed by atoms with Crippen LogP contribution < -0.4 is 5.32 Å². The second kappa shape index (κ2) is 4.04. The highest BCUT2D eigenvalue weighted by Gasteiger charge is 2.42. The van der Waals surface area contributed by atoms with E-state index >= 15 is 0 Å². The van der Waals surface area contributed by atoms with Gasteiger partial charge in [-0.2, -0.15) is 0 Å². The van der Waals surface area contributed by atoms with Gasteiger partial charge in [0.2, 0.25) is 5.91 Å². The van der Waals surface area contributed by atoms with Crippen molar-refractivity contribution >= 4 is 11.9 Å². The van der Waals surface area contributed by atoms with Gasteiger partial charge >= 0.3 is 5.97 Å². The molecule has 0 aliphatic carbocycles. The van der Waals surface area contributed by atoms with Crippen molar-refractivity contribution in [3.05, 3.63) is 21.6 Å². The van der Waals surface area contributed by atoms with Crippen LogP contribution >= 0.6 is 0 Å². The summed E-state index contributed by atoms with van der Waals surface area (Å²) in [6.07, 6.45) is -0.503. The Hall–Kier alpha value is -2.12. The Balaban J connectivity index is 2.32. The van der Waals surface area contributed by atoms with Crippen molar-refractivity contribution in [1.29, 1.82) is 0 Å². The lowest BCUT2D eigenvalue weighted by atomic mass is 9.94. The Bertz CT molecular complexity index is 430. The van der Waals surface area contributed by atoms with Crippen LogP contribution in [0.15, 0.2) is 11.5 Å². The van der Waals surface area contributed by atoms with E-state index in [0.717, 1.165) is 0 Å². The van der Waals surface area contributed by atoms with Crippen LogP contribution in [0.2, 0.25) is 0 Å². The van der Waals surface area contributed by atoms with Crippen LogP contribution in [-0.2, 0) is 9.59 Å². The lowest BCUT2D eigenvalue weighted by Crippen LogP contribution is -2.40. The highest BCUT2D eigenvalue weighted by atomic mass is 16.6. The zero-order valence-corrected chi connectivity index (χ0v) is 8.88. The van der Waals surface area contributed by atoms with Gasteiger partial charge in [0.25, 0.3) is 5.70 Å². The Morgan fingerprint density at radius 3 is 2.94 bits per heavy atom. The Morgan fingerprint density at radius 1 is 1.65 bits per heavy atom. The van der Waals surface area contributed by atoms with Crippen molar-refractivity contribution in [2.24, 2.45) is 5.92 Å². The third-order valence-electron chi connectivity index (χ3n) is 2.87. The van der Waals surface area contributed by atoms with Gasteiger partial charge in [-0.15, -0.1) is 0 Å². The van der Waals surface area contributed by atoms with Gasteiger partial charge in [0.15, 0.2) is 5.82 Å². The Morgan fingerprint density at radius 2 is 2.35 bits per heavy atom. The van der Waals surface area contributed by atoms with Crippen LogP contribution in [0, 0.1) is 16.0 Å². The summed E-state index contributed by atoms with van der Waals surface area (Å²) in [4.78, 5) is 34.1.